The molecule has 0 aromatic heterocycles. The Morgan fingerprint density at radius 3 is 2.94 bits per heavy atom. The van der Waals surface area contributed by atoms with Crippen LogP contribution in [0.15, 0.2) is 18.2 Å². The summed E-state index contributed by atoms with van der Waals surface area (Å²) in [5.41, 5.74) is 1.81. The molecule has 1 aliphatic rings. The minimum absolute atomic E-state index is 0.546. The van der Waals surface area contributed by atoms with Crippen LogP contribution >= 0.6 is 11.6 Å². The molecule has 16 heavy (non-hydrogen) atoms. The van der Waals surface area contributed by atoms with Gasteiger partial charge in [-0.2, -0.15) is 0 Å². The zero-order chi connectivity index (χ0) is 11.7. The molecular weight excluding hydrogens is 230 g/mol. The fourth-order valence-corrected chi connectivity index (χ4v) is 2.25. The summed E-state index contributed by atoms with van der Waals surface area (Å²) in [6.45, 7) is 0. The third-order valence-corrected chi connectivity index (χ3v) is 3.05. The van der Waals surface area contributed by atoms with Crippen LogP contribution in [-0.4, -0.2) is 22.4 Å². The van der Waals surface area contributed by atoms with Gasteiger partial charge in [0.2, 0.25) is 0 Å². The van der Waals surface area contributed by atoms with Crippen LogP contribution in [0.5, 0.6) is 0 Å². The maximum atomic E-state index is 10.7. The third-order valence-electron chi connectivity index (χ3n) is 2.82. The smallest absolute Gasteiger partial charge is 0.405 e. The fraction of sp³-hybridized carbons (Fsp3) is 0.364. The fourth-order valence-electron chi connectivity index (χ4n) is 2.07. The lowest BCUT2D eigenvalue weighted by molar-refractivity contribution is 0.105. The first-order valence-electron chi connectivity index (χ1n) is 5.04. The average molecular weight is 242 g/mol. The van der Waals surface area contributed by atoms with E-state index < -0.39 is 18.2 Å². The number of halogens is 1. The molecule has 0 spiro atoms. The molecule has 1 aliphatic carbocycles. The zero-order valence-corrected chi connectivity index (χ0v) is 9.24. The van der Waals surface area contributed by atoms with Crippen molar-refractivity contribution in [3.05, 3.63) is 34.3 Å². The van der Waals surface area contributed by atoms with Crippen molar-refractivity contribution in [2.75, 3.05) is 0 Å². The highest BCUT2D eigenvalue weighted by Gasteiger charge is 2.29. The molecule has 0 saturated carbocycles. The summed E-state index contributed by atoms with van der Waals surface area (Å²) in [7, 11) is 0. The molecule has 3 N–H and O–H groups in total. The second-order valence-corrected chi connectivity index (χ2v) is 4.31. The average Bonchev–Trinajstić information content (AvgIpc) is 2.22. The Morgan fingerprint density at radius 2 is 2.25 bits per heavy atom. The highest BCUT2D eigenvalue weighted by molar-refractivity contribution is 6.30. The number of aliphatic hydroxyl groups excluding tert-OH is 1. The van der Waals surface area contributed by atoms with E-state index >= 15 is 0 Å². The molecule has 0 saturated heterocycles. The lowest BCUT2D eigenvalue weighted by Gasteiger charge is -2.30. The lowest BCUT2D eigenvalue weighted by atomic mass is 9.86. The molecule has 2 rings (SSSR count). The van der Waals surface area contributed by atoms with Gasteiger partial charge >= 0.3 is 6.09 Å². The van der Waals surface area contributed by atoms with Crippen LogP contribution in [0.1, 0.15) is 23.6 Å². The first-order chi connectivity index (χ1) is 7.58. The van der Waals surface area contributed by atoms with Crippen LogP contribution in [0.25, 0.3) is 0 Å². The van der Waals surface area contributed by atoms with Crippen molar-refractivity contribution in [2.24, 2.45) is 0 Å². The predicted octanol–water partition coefficient (Wildman–Crippen LogP) is 1.96. The second-order valence-electron chi connectivity index (χ2n) is 3.88. The second kappa shape index (κ2) is 4.31. The van der Waals surface area contributed by atoms with Gasteiger partial charge in [0, 0.05) is 5.02 Å². The molecular formula is C11H12ClNO3. The Kier molecular flexibility index (Phi) is 3.03. The van der Waals surface area contributed by atoms with Crippen molar-refractivity contribution < 1.29 is 15.0 Å². The number of nitrogens with one attached hydrogen (secondary N) is 1. The highest BCUT2D eigenvalue weighted by atomic mass is 35.5. The van der Waals surface area contributed by atoms with E-state index in [4.69, 9.17) is 16.7 Å². The monoisotopic (exact) mass is 241 g/mol. The summed E-state index contributed by atoms with van der Waals surface area (Å²) in [4.78, 5) is 10.7. The first kappa shape index (κ1) is 11.2. The van der Waals surface area contributed by atoms with Crippen LogP contribution in [-0.2, 0) is 6.42 Å². The number of carboxylic acid groups (broad SMARTS) is 1. The number of hydrogen-bond donors (Lipinski definition) is 3. The number of carbonyl (C=O) groups is 1. The Labute approximate surface area is 97.9 Å². The molecule has 2 atom stereocenters. The Bertz CT molecular complexity index is 422. The van der Waals surface area contributed by atoms with E-state index in [1.165, 1.54) is 0 Å². The van der Waals surface area contributed by atoms with Crippen molar-refractivity contribution in [3.63, 3.8) is 0 Å². The van der Waals surface area contributed by atoms with Crippen LogP contribution in [0.2, 0.25) is 5.02 Å². The summed E-state index contributed by atoms with van der Waals surface area (Å²) in [6.07, 6.45) is -0.538. The highest BCUT2D eigenvalue weighted by Crippen LogP contribution is 2.31. The number of aliphatic hydroxyl groups is 1. The largest absolute Gasteiger partial charge is 0.465 e. The van der Waals surface area contributed by atoms with E-state index in [-0.39, 0.29) is 0 Å². The van der Waals surface area contributed by atoms with E-state index in [1.54, 1.807) is 12.1 Å². The molecule has 86 valence electrons. The van der Waals surface area contributed by atoms with E-state index in [0.717, 1.165) is 17.5 Å². The summed E-state index contributed by atoms with van der Waals surface area (Å²) in [6, 6.07) is 4.77. The first-order valence-corrected chi connectivity index (χ1v) is 5.41. The van der Waals surface area contributed by atoms with Gasteiger partial charge in [-0.1, -0.05) is 17.7 Å². The lowest BCUT2D eigenvalue weighted by Crippen LogP contribution is -2.38. The molecule has 0 heterocycles. The minimum Gasteiger partial charge on any atom is -0.465 e. The number of amides is 1. The standard InChI is InChI=1S/C11H12ClNO3/c12-7-3-1-6-2-4-9(14)10(8(6)5-7)13-11(15)16/h1,3,5,9-10,13-14H,2,4H2,(H,15,16)/t9-,10+/m1/s1. The summed E-state index contributed by atoms with van der Waals surface area (Å²) in [5.74, 6) is 0. The van der Waals surface area contributed by atoms with Crippen molar-refractivity contribution in [1.29, 1.82) is 0 Å². The summed E-state index contributed by atoms with van der Waals surface area (Å²) >= 11 is 5.87. The quantitative estimate of drug-likeness (QED) is 0.704. The molecule has 0 radical (unpaired) electrons. The van der Waals surface area contributed by atoms with Gasteiger partial charge in [-0.25, -0.2) is 4.79 Å². The summed E-state index contributed by atoms with van der Waals surface area (Å²) < 4.78 is 0. The molecule has 0 unspecified atom stereocenters. The molecule has 1 aromatic carbocycles. The van der Waals surface area contributed by atoms with Gasteiger partial charge in [0.1, 0.15) is 0 Å². The topological polar surface area (TPSA) is 69.6 Å². The maximum absolute atomic E-state index is 10.7. The summed E-state index contributed by atoms with van der Waals surface area (Å²) in [5, 5.41) is 21.4. The normalized spacial score (nSPS) is 23.6. The maximum Gasteiger partial charge on any atom is 0.405 e. The van der Waals surface area contributed by atoms with Gasteiger partial charge in [0.15, 0.2) is 0 Å². The molecule has 1 aromatic rings. The molecule has 0 bridgehead atoms. The number of aryl methyl sites for hydroxylation is 1. The van der Waals surface area contributed by atoms with E-state index in [0.29, 0.717) is 11.4 Å². The molecule has 5 heteroatoms. The van der Waals surface area contributed by atoms with E-state index in [9.17, 15) is 9.90 Å². The van der Waals surface area contributed by atoms with Crippen LogP contribution in [0, 0.1) is 0 Å². The van der Waals surface area contributed by atoms with Gasteiger partial charge < -0.3 is 15.5 Å². The SMILES string of the molecule is O=C(O)N[C@H]1c2cc(Cl)ccc2CC[C@H]1O. The van der Waals surface area contributed by atoms with E-state index in [2.05, 4.69) is 5.32 Å². The Morgan fingerprint density at radius 1 is 1.50 bits per heavy atom. The molecule has 4 nitrogen and oxygen atoms in total. The van der Waals surface area contributed by atoms with Gasteiger partial charge in [-0.15, -0.1) is 0 Å². The van der Waals surface area contributed by atoms with Gasteiger partial charge in [0.05, 0.1) is 12.1 Å². The van der Waals surface area contributed by atoms with Crippen molar-refractivity contribution in [1.82, 2.24) is 5.32 Å². The number of hydrogen-bond acceptors (Lipinski definition) is 2. The number of fused-ring (bicyclic) bond motifs is 1. The zero-order valence-electron chi connectivity index (χ0n) is 8.48. The molecule has 1 amide bonds. The van der Waals surface area contributed by atoms with Crippen LogP contribution < -0.4 is 5.32 Å². The third kappa shape index (κ3) is 2.13. The molecule has 0 fully saturated rings. The number of benzene rings is 1. The van der Waals surface area contributed by atoms with Crippen LogP contribution in [0.4, 0.5) is 4.79 Å². The van der Waals surface area contributed by atoms with Gasteiger partial charge in [0.25, 0.3) is 0 Å². The van der Waals surface area contributed by atoms with Gasteiger partial charge in [-0.3, -0.25) is 0 Å². The van der Waals surface area contributed by atoms with Crippen molar-refractivity contribution in [2.45, 2.75) is 25.0 Å². The Balaban J connectivity index is 2.38. The van der Waals surface area contributed by atoms with Crippen molar-refractivity contribution >= 4 is 17.7 Å². The minimum atomic E-state index is -1.14. The van der Waals surface area contributed by atoms with Crippen molar-refractivity contribution in [3.8, 4) is 0 Å². The number of rotatable bonds is 1. The predicted molar refractivity (Wildman–Crippen MR) is 59.7 cm³/mol. The van der Waals surface area contributed by atoms with E-state index in [1.807, 2.05) is 6.07 Å². The van der Waals surface area contributed by atoms with Crippen LogP contribution in [0.3, 0.4) is 0 Å². The molecule has 0 aliphatic heterocycles. The van der Waals surface area contributed by atoms with Gasteiger partial charge in [-0.05, 0) is 36.1 Å². The Hall–Kier alpha value is -1.26.